The third-order valence-corrected chi connectivity index (χ3v) is 6.46. The third kappa shape index (κ3) is 1.26. The van der Waals surface area contributed by atoms with Gasteiger partial charge in [-0.15, -0.1) is 0 Å². The Morgan fingerprint density at radius 2 is 2.29 bits per heavy atom. The molecule has 0 radical (unpaired) electrons. The molecule has 0 spiro atoms. The average Bonchev–Trinajstić information content (AvgIpc) is 2.82. The molecule has 1 saturated carbocycles. The van der Waals surface area contributed by atoms with Crippen LogP contribution in [0.15, 0.2) is 18.6 Å². The van der Waals surface area contributed by atoms with Crippen LogP contribution in [-0.2, 0) is 10.0 Å². The fourth-order valence-corrected chi connectivity index (χ4v) is 6.11. The second-order valence-corrected chi connectivity index (χ2v) is 8.09. The Hall–Kier alpha value is -1.67. The highest BCUT2D eigenvalue weighted by Crippen LogP contribution is 2.65. The van der Waals surface area contributed by atoms with E-state index in [0.717, 1.165) is 36.2 Å². The van der Waals surface area contributed by atoms with Crippen LogP contribution in [0.1, 0.15) is 12.8 Å². The Labute approximate surface area is 122 Å². The molecule has 3 aliphatic rings. The molecule has 110 valence electrons. The van der Waals surface area contributed by atoms with Crippen molar-refractivity contribution in [1.29, 1.82) is 0 Å². The van der Waals surface area contributed by atoms with E-state index < -0.39 is 10.0 Å². The van der Waals surface area contributed by atoms with Crippen molar-refractivity contribution in [2.45, 2.75) is 24.5 Å². The van der Waals surface area contributed by atoms with E-state index in [-0.39, 0.29) is 11.7 Å². The summed E-state index contributed by atoms with van der Waals surface area (Å²) in [5, 5.41) is 0.957. The summed E-state index contributed by atoms with van der Waals surface area (Å²) in [5.74, 6) is 1.27. The first kappa shape index (κ1) is 11.9. The quantitative estimate of drug-likeness (QED) is 0.818. The number of nitrogens with zero attached hydrogens (tertiary/aromatic N) is 4. The van der Waals surface area contributed by atoms with E-state index in [9.17, 15) is 8.42 Å². The number of nitrogens with one attached hydrogen (secondary N) is 1. The van der Waals surface area contributed by atoms with Crippen molar-refractivity contribution in [2.24, 2.45) is 5.92 Å². The van der Waals surface area contributed by atoms with Crippen LogP contribution in [0.5, 0.6) is 0 Å². The Morgan fingerprint density at radius 1 is 1.43 bits per heavy atom. The van der Waals surface area contributed by atoms with Crippen molar-refractivity contribution >= 4 is 26.9 Å². The summed E-state index contributed by atoms with van der Waals surface area (Å²) in [4.78, 5) is 13.9. The number of rotatable bonds is 2. The van der Waals surface area contributed by atoms with Gasteiger partial charge < -0.3 is 9.88 Å². The van der Waals surface area contributed by atoms with Gasteiger partial charge in [-0.3, -0.25) is 0 Å². The summed E-state index contributed by atoms with van der Waals surface area (Å²) in [6.45, 7) is 0.883. The SMILES string of the molecule is CS(=O)(=O)N1[C@@H]2C3CCC21N(c1ncnc2[nH]ccc12)C3. The second-order valence-electron chi connectivity index (χ2n) is 6.23. The number of sulfonamides is 1. The van der Waals surface area contributed by atoms with Gasteiger partial charge in [-0.25, -0.2) is 18.4 Å². The minimum atomic E-state index is -3.17. The lowest BCUT2D eigenvalue weighted by atomic mass is 10.1. The lowest BCUT2D eigenvalue weighted by molar-refractivity contribution is 0.345. The van der Waals surface area contributed by atoms with Gasteiger partial charge in [-0.1, -0.05) is 0 Å². The van der Waals surface area contributed by atoms with E-state index in [1.807, 2.05) is 12.3 Å². The number of hydrogen-bond donors (Lipinski definition) is 1. The van der Waals surface area contributed by atoms with Crippen LogP contribution < -0.4 is 4.90 Å². The molecular weight excluding hydrogens is 290 g/mol. The molecule has 4 heterocycles. The van der Waals surface area contributed by atoms with Gasteiger partial charge in [0, 0.05) is 12.7 Å². The van der Waals surface area contributed by atoms with E-state index in [4.69, 9.17) is 0 Å². The molecule has 2 aromatic heterocycles. The molecule has 7 nitrogen and oxygen atoms in total. The van der Waals surface area contributed by atoms with Crippen molar-refractivity contribution in [2.75, 3.05) is 17.7 Å². The van der Waals surface area contributed by atoms with Gasteiger partial charge >= 0.3 is 0 Å². The minimum absolute atomic E-state index is 0.136. The van der Waals surface area contributed by atoms with Crippen LogP contribution >= 0.6 is 0 Å². The normalized spacial score (nSPS) is 37.2. The number of fused-ring (bicyclic) bond motifs is 1. The maximum atomic E-state index is 12.0. The van der Waals surface area contributed by atoms with E-state index in [1.165, 1.54) is 6.26 Å². The molecule has 0 amide bonds. The predicted octanol–water partition coefficient (Wildman–Crippen LogP) is 0.528. The Kier molecular flexibility index (Phi) is 1.92. The van der Waals surface area contributed by atoms with Crippen LogP contribution in [0.25, 0.3) is 11.0 Å². The van der Waals surface area contributed by atoms with Gasteiger partial charge in [-0.05, 0) is 24.8 Å². The van der Waals surface area contributed by atoms with Crippen molar-refractivity contribution in [3.63, 3.8) is 0 Å². The first-order chi connectivity index (χ1) is 10.0. The van der Waals surface area contributed by atoms with E-state index >= 15 is 0 Å². The van der Waals surface area contributed by atoms with E-state index in [1.54, 1.807) is 10.6 Å². The molecular formula is C13H15N5O2S. The summed E-state index contributed by atoms with van der Waals surface area (Å²) in [7, 11) is -3.17. The predicted molar refractivity (Wildman–Crippen MR) is 77.2 cm³/mol. The first-order valence-corrected chi connectivity index (χ1v) is 8.93. The molecule has 4 atom stereocenters. The minimum Gasteiger partial charge on any atom is -0.346 e. The monoisotopic (exact) mass is 305 g/mol. The summed E-state index contributed by atoms with van der Waals surface area (Å²) in [6.07, 6.45) is 6.69. The molecule has 0 aromatic carbocycles. The standard InChI is InChI=1S/C13H15N5O2S/c1-21(19,20)18-10-8-2-4-13(10,18)17(6-8)12-9-3-5-14-11(9)15-7-16-12/h3,5,7-8,10H,2,4,6H2,1H3,(H,14,15,16)/t8?,10-,13?,18?/m1/s1. The lowest BCUT2D eigenvalue weighted by Gasteiger charge is -2.35. The fourth-order valence-electron chi connectivity index (χ4n) is 4.54. The van der Waals surface area contributed by atoms with Crippen LogP contribution in [0.3, 0.4) is 0 Å². The van der Waals surface area contributed by atoms with Crippen LogP contribution in [0.2, 0.25) is 0 Å². The molecule has 8 heteroatoms. The summed E-state index contributed by atoms with van der Waals surface area (Å²) in [5.41, 5.74) is 0.429. The van der Waals surface area contributed by atoms with Crippen LogP contribution in [0, 0.1) is 5.92 Å². The zero-order chi connectivity index (χ0) is 14.4. The molecule has 2 saturated heterocycles. The first-order valence-electron chi connectivity index (χ1n) is 7.09. The number of aromatic nitrogens is 3. The molecule has 3 unspecified atom stereocenters. The van der Waals surface area contributed by atoms with Gasteiger partial charge in [0.2, 0.25) is 10.0 Å². The maximum absolute atomic E-state index is 12.0. The van der Waals surface area contributed by atoms with Crippen LogP contribution in [-0.4, -0.2) is 52.2 Å². The Balaban J connectivity index is 1.67. The molecule has 5 rings (SSSR count). The molecule has 2 aliphatic heterocycles. The van der Waals surface area contributed by atoms with Gasteiger partial charge in [0.05, 0.1) is 17.7 Å². The smallest absolute Gasteiger partial charge is 0.213 e. The number of piperidine rings is 2. The van der Waals surface area contributed by atoms with Gasteiger partial charge in [-0.2, -0.15) is 4.31 Å². The highest BCUT2D eigenvalue weighted by molar-refractivity contribution is 7.88. The van der Waals surface area contributed by atoms with Crippen molar-refractivity contribution in [1.82, 2.24) is 19.3 Å². The average molecular weight is 305 g/mol. The zero-order valence-corrected chi connectivity index (χ0v) is 12.3. The highest BCUT2D eigenvalue weighted by Gasteiger charge is 2.80. The Bertz CT molecular complexity index is 862. The number of hydrogen-bond acceptors (Lipinski definition) is 5. The summed E-state index contributed by atoms with van der Waals surface area (Å²) in [6, 6.07) is 2.09. The van der Waals surface area contributed by atoms with Gasteiger partial charge in [0.15, 0.2) is 0 Å². The molecule has 3 fully saturated rings. The van der Waals surface area contributed by atoms with Crippen molar-refractivity contribution in [3.05, 3.63) is 18.6 Å². The number of aromatic amines is 1. The van der Waals surface area contributed by atoms with Gasteiger partial charge in [0.25, 0.3) is 0 Å². The van der Waals surface area contributed by atoms with E-state index in [2.05, 4.69) is 19.9 Å². The van der Waals surface area contributed by atoms with Crippen molar-refractivity contribution < 1.29 is 8.42 Å². The van der Waals surface area contributed by atoms with Crippen molar-refractivity contribution in [3.8, 4) is 0 Å². The summed E-state index contributed by atoms with van der Waals surface area (Å²) < 4.78 is 25.8. The van der Waals surface area contributed by atoms with Gasteiger partial charge in [0.1, 0.15) is 23.5 Å². The third-order valence-electron chi connectivity index (χ3n) is 5.20. The fraction of sp³-hybridized carbons (Fsp3) is 0.538. The number of anilines is 1. The maximum Gasteiger partial charge on any atom is 0.213 e. The lowest BCUT2D eigenvalue weighted by Crippen LogP contribution is -2.46. The topological polar surface area (TPSA) is 82.0 Å². The molecule has 2 aromatic rings. The molecule has 1 N–H and O–H groups in total. The summed E-state index contributed by atoms with van der Waals surface area (Å²) >= 11 is 0. The molecule has 21 heavy (non-hydrogen) atoms. The highest BCUT2D eigenvalue weighted by atomic mass is 32.2. The zero-order valence-electron chi connectivity index (χ0n) is 11.5. The molecule has 2 bridgehead atoms. The number of H-pyrrole nitrogens is 1. The Morgan fingerprint density at radius 3 is 3.00 bits per heavy atom. The van der Waals surface area contributed by atoms with Crippen LogP contribution in [0.4, 0.5) is 5.82 Å². The largest absolute Gasteiger partial charge is 0.346 e. The molecule has 1 aliphatic carbocycles. The van der Waals surface area contributed by atoms with E-state index in [0.29, 0.717) is 5.92 Å². The second kappa shape index (κ2) is 3.38.